The van der Waals surface area contributed by atoms with E-state index in [4.69, 9.17) is 5.73 Å². The molecule has 2 heterocycles. The molecule has 0 atom stereocenters. The van der Waals surface area contributed by atoms with Gasteiger partial charge in [-0.05, 0) is 19.3 Å². The van der Waals surface area contributed by atoms with Gasteiger partial charge in [0.05, 0.1) is 11.4 Å². The lowest BCUT2D eigenvalue weighted by Crippen LogP contribution is -2.18. The van der Waals surface area contributed by atoms with Crippen LogP contribution in [0.25, 0.3) is 11.0 Å². The minimum Gasteiger partial charge on any atom is -0.383 e. The van der Waals surface area contributed by atoms with Crippen LogP contribution in [0.5, 0.6) is 0 Å². The summed E-state index contributed by atoms with van der Waals surface area (Å²) < 4.78 is 1.81. The van der Waals surface area contributed by atoms with Crippen molar-refractivity contribution in [2.45, 2.75) is 25.3 Å². The van der Waals surface area contributed by atoms with Crippen molar-refractivity contribution in [3.63, 3.8) is 0 Å². The molecule has 6 nitrogen and oxygen atoms in total. The fourth-order valence-corrected chi connectivity index (χ4v) is 1.99. The van der Waals surface area contributed by atoms with E-state index in [2.05, 4.69) is 15.1 Å². The Balaban J connectivity index is 2.29. The largest absolute Gasteiger partial charge is 0.383 e. The number of rotatable bonds is 2. The van der Waals surface area contributed by atoms with Gasteiger partial charge >= 0.3 is 0 Å². The second-order valence-electron chi connectivity index (χ2n) is 3.99. The summed E-state index contributed by atoms with van der Waals surface area (Å²) in [6.07, 6.45) is 5.47. The molecule has 1 aliphatic rings. The molecule has 6 heteroatoms. The van der Waals surface area contributed by atoms with Crippen LogP contribution >= 0.6 is 0 Å². The number of carbonyl (C=O) groups is 1. The summed E-state index contributed by atoms with van der Waals surface area (Å²) in [5.74, 6) is 0.317. The fourth-order valence-electron chi connectivity index (χ4n) is 1.99. The molecule has 2 N–H and O–H groups in total. The van der Waals surface area contributed by atoms with Crippen LogP contribution in [0.15, 0.2) is 6.33 Å². The van der Waals surface area contributed by atoms with Crippen molar-refractivity contribution in [1.82, 2.24) is 19.7 Å². The second-order valence-corrected chi connectivity index (χ2v) is 3.99. The number of fused-ring (bicyclic) bond motifs is 1. The Labute approximate surface area is 91.5 Å². The maximum absolute atomic E-state index is 10.9. The van der Waals surface area contributed by atoms with Gasteiger partial charge in [-0.2, -0.15) is 5.10 Å². The van der Waals surface area contributed by atoms with Crippen molar-refractivity contribution in [2.75, 3.05) is 5.73 Å². The van der Waals surface area contributed by atoms with E-state index in [1.54, 1.807) is 4.68 Å². The summed E-state index contributed by atoms with van der Waals surface area (Å²) in [7, 11) is 0. The first-order valence-electron chi connectivity index (χ1n) is 5.25. The Kier molecular flexibility index (Phi) is 1.89. The highest BCUT2D eigenvalue weighted by molar-refractivity contribution is 5.99. The van der Waals surface area contributed by atoms with Gasteiger partial charge in [0.15, 0.2) is 11.9 Å². The molecule has 3 rings (SSSR count). The predicted octanol–water partition coefficient (Wildman–Crippen LogP) is 0.946. The third-order valence-electron chi connectivity index (χ3n) is 3.08. The van der Waals surface area contributed by atoms with E-state index in [-0.39, 0.29) is 0 Å². The lowest BCUT2D eigenvalue weighted by Gasteiger charge is -2.25. The van der Waals surface area contributed by atoms with E-state index in [0.29, 0.717) is 34.9 Å². The molecular weight excluding hydrogens is 206 g/mol. The number of carbonyl (C=O) groups excluding carboxylic acids is 1. The van der Waals surface area contributed by atoms with Crippen LogP contribution in [0.3, 0.4) is 0 Å². The standard InChI is InChI=1S/C10H11N5O/c11-9-8-7(4-16)14-15(6-2-1-3-6)10(8)13-5-12-9/h4-6H,1-3H2,(H2,11,12,13). The molecule has 0 amide bonds. The molecule has 2 aromatic heterocycles. The first-order chi connectivity index (χ1) is 7.81. The van der Waals surface area contributed by atoms with Crippen LogP contribution in [0, 0.1) is 0 Å². The number of nitrogens with two attached hydrogens (primary N) is 1. The molecule has 2 aromatic rings. The Morgan fingerprint density at radius 1 is 1.44 bits per heavy atom. The van der Waals surface area contributed by atoms with Gasteiger partial charge < -0.3 is 5.73 Å². The molecule has 0 radical (unpaired) electrons. The Hall–Kier alpha value is -1.98. The number of anilines is 1. The van der Waals surface area contributed by atoms with Crippen molar-refractivity contribution >= 4 is 23.1 Å². The van der Waals surface area contributed by atoms with Crippen molar-refractivity contribution in [3.8, 4) is 0 Å². The summed E-state index contributed by atoms with van der Waals surface area (Å²) in [6, 6.07) is 0.352. The third kappa shape index (κ3) is 1.13. The SMILES string of the molecule is Nc1ncnc2c1c(C=O)nn2C1CCC1. The van der Waals surface area contributed by atoms with Crippen molar-refractivity contribution in [2.24, 2.45) is 0 Å². The van der Waals surface area contributed by atoms with E-state index < -0.39 is 0 Å². The Bertz CT molecular complexity index is 558. The average Bonchev–Trinajstić information content (AvgIpc) is 2.56. The molecule has 0 unspecified atom stereocenters. The molecule has 0 bridgehead atoms. The minimum atomic E-state index is 0.317. The van der Waals surface area contributed by atoms with E-state index >= 15 is 0 Å². The maximum atomic E-state index is 10.9. The van der Waals surface area contributed by atoms with Crippen LogP contribution in [-0.4, -0.2) is 26.0 Å². The highest BCUT2D eigenvalue weighted by atomic mass is 16.1. The Morgan fingerprint density at radius 3 is 2.88 bits per heavy atom. The lowest BCUT2D eigenvalue weighted by atomic mass is 9.93. The zero-order chi connectivity index (χ0) is 11.1. The van der Waals surface area contributed by atoms with Crippen molar-refractivity contribution in [1.29, 1.82) is 0 Å². The van der Waals surface area contributed by atoms with E-state index in [9.17, 15) is 4.79 Å². The zero-order valence-corrected chi connectivity index (χ0v) is 8.63. The summed E-state index contributed by atoms with van der Waals surface area (Å²) in [6.45, 7) is 0. The van der Waals surface area contributed by atoms with Gasteiger partial charge in [-0.25, -0.2) is 14.6 Å². The molecule has 82 valence electrons. The predicted molar refractivity (Wildman–Crippen MR) is 58.0 cm³/mol. The molecule has 1 aliphatic carbocycles. The van der Waals surface area contributed by atoms with Gasteiger partial charge in [0, 0.05) is 0 Å². The van der Waals surface area contributed by atoms with Crippen LogP contribution in [-0.2, 0) is 0 Å². The topological polar surface area (TPSA) is 86.7 Å². The van der Waals surface area contributed by atoms with Crippen LogP contribution in [0.2, 0.25) is 0 Å². The number of aromatic nitrogens is 4. The summed E-state index contributed by atoms with van der Waals surface area (Å²) in [4.78, 5) is 19.0. The zero-order valence-electron chi connectivity index (χ0n) is 8.63. The molecule has 0 saturated heterocycles. The Morgan fingerprint density at radius 2 is 2.25 bits per heavy atom. The number of hydrogen-bond acceptors (Lipinski definition) is 5. The number of aldehydes is 1. The first-order valence-corrected chi connectivity index (χ1v) is 5.25. The number of nitrogens with zero attached hydrogens (tertiary/aromatic N) is 4. The smallest absolute Gasteiger partial charge is 0.171 e. The molecule has 1 fully saturated rings. The third-order valence-corrected chi connectivity index (χ3v) is 3.08. The fraction of sp³-hybridized carbons (Fsp3) is 0.400. The van der Waals surface area contributed by atoms with Gasteiger partial charge in [0.25, 0.3) is 0 Å². The number of nitrogen functional groups attached to an aromatic ring is 1. The molecule has 0 spiro atoms. The summed E-state index contributed by atoms with van der Waals surface area (Å²) in [5.41, 5.74) is 6.74. The van der Waals surface area contributed by atoms with Crippen molar-refractivity contribution in [3.05, 3.63) is 12.0 Å². The monoisotopic (exact) mass is 217 g/mol. The summed E-state index contributed by atoms with van der Waals surface area (Å²) in [5, 5.41) is 4.83. The van der Waals surface area contributed by atoms with E-state index in [0.717, 1.165) is 12.8 Å². The highest BCUT2D eigenvalue weighted by Gasteiger charge is 2.25. The van der Waals surface area contributed by atoms with Crippen LogP contribution in [0.4, 0.5) is 5.82 Å². The van der Waals surface area contributed by atoms with Gasteiger partial charge in [-0.15, -0.1) is 0 Å². The van der Waals surface area contributed by atoms with Crippen LogP contribution in [0.1, 0.15) is 35.8 Å². The molecule has 16 heavy (non-hydrogen) atoms. The lowest BCUT2D eigenvalue weighted by molar-refractivity contribution is 0.111. The van der Waals surface area contributed by atoms with E-state index in [1.807, 2.05) is 0 Å². The van der Waals surface area contributed by atoms with Gasteiger partial charge in [0.2, 0.25) is 0 Å². The number of hydrogen-bond donors (Lipinski definition) is 1. The van der Waals surface area contributed by atoms with E-state index in [1.165, 1.54) is 12.7 Å². The summed E-state index contributed by atoms with van der Waals surface area (Å²) >= 11 is 0. The molecule has 0 aliphatic heterocycles. The maximum Gasteiger partial charge on any atom is 0.171 e. The normalized spacial score (nSPS) is 16.2. The minimum absolute atomic E-state index is 0.317. The molecule has 1 saturated carbocycles. The quantitative estimate of drug-likeness (QED) is 0.756. The van der Waals surface area contributed by atoms with Gasteiger partial charge in [-0.3, -0.25) is 4.79 Å². The molecular formula is C10H11N5O. The van der Waals surface area contributed by atoms with Gasteiger partial charge in [0.1, 0.15) is 17.8 Å². The van der Waals surface area contributed by atoms with Crippen LogP contribution < -0.4 is 5.73 Å². The second kappa shape index (κ2) is 3.26. The first kappa shape index (κ1) is 9.26. The average molecular weight is 217 g/mol. The molecule has 0 aromatic carbocycles. The highest BCUT2D eigenvalue weighted by Crippen LogP contribution is 2.34. The van der Waals surface area contributed by atoms with Crippen molar-refractivity contribution < 1.29 is 4.79 Å². The van der Waals surface area contributed by atoms with Gasteiger partial charge in [-0.1, -0.05) is 0 Å².